The highest BCUT2D eigenvalue weighted by atomic mass is 16.5. The molecule has 0 bridgehead atoms. The van der Waals surface area contributed by atoms with E-state index in [1.807, 2.05) is 6.07 Å². The molecule has 1 atom stereocenters. The minimum absolute atomic E-state index is 0.151. The number of fused-ring (bicyclic) bond motifs is 1. The number of nitrogens with zero attached hydrogens (tertiary/aromatic N) is 4. The number of hydrogen-bond donors (Lipinski definition) is 0. The molecule has 3 rings (SSSR count). The topological polar surface area (TPSA) is 68.8 Å². The van der Waals surface area contributed by atoms with Gasteiger partial charge in [0.2, 0.25) is 0 Å². The number of aromatic nitrogens is 3. The number of piperidine rings is 1. The first-order chi connectivity index (χ1) is 10.7. The molecule has 7 heteroatoms. The second-order valence-corrected chi connectivity index (χ2v) is 5.51. The zero-order chi connectivity index (χ0) is 15.5. The molecule has 0 radical (unpaired) electrons. The average Bonchev–Trinajstić information content (AvgIpc) is 2.89. The Morgan fingerprint density at radius 2 is 2.23 bits per heavy atom. The summed E-state index contributed by atoms with van der Waals surface area (Å²) in [6, 6.07) is 5.25. The molecule has 2 aromatic heterocycles. The first kappa shape index (κ1) is 14.8. The van der Waals surface area contributed by atoms with Gasteiger partial charge in [-0.25, -0.2) is 9.48 Å². The Labute approximate surface area is 128 Å². The molecule has 3 heterocycles. The number of carbonyl (C=O) groups is 1. The third-order valence-corrected chi connectivity index (χ3v) is 4.17. The predicted octanol–water partition coefficient (Wildman–Crippen LogP) is 0.523. The van der Waals surface area contributed by atoms with Crippen LogP contribution in [0.15, 0.2) is 29.2 Å². The molecule has 7 nitrogen and oxygen atoms in total. The van der Waals surface area contributed by atoms with E-state index in [9.17, 15) is 9.59 Å². The Morgan fingerprint density at radius 1 is 1.36 bits per heavy atom. The van der Waals surface area contributed by atoms with E-state index >= 15 is 0 Å². The lowest BCUT2D eigenvalue weighted by Gasteiger charge is -2.33. The van der Waals surface area contributed by atoms with Crippen LogP contribution in [0.3, 0.4) is 0 Å². The summed E-state index contributed by atoms with van der Waals surface area (Å²) in [5.74, 6) is -0.193. The van der Waals surface area contributed by atoms with Crippen molar-refractivity contribution >= 4 is 11.6 Å². The highest BCUT2D eigenvalue weighted by Gasteiger charge is 2.29. The number of likely N-dealkylation sites (tertiary alicyclic amines) is 1. The molecule has 1 aliphatic heterocycles. The molecule has 0 amide bonds. The van der Waals surface area contributed by atoms with Crippen LogP contribution in [-0.2, 0) is 16.1 Å². The van der Waals surface area contributed by atoms with E-state index in [-0.39, 0.29) is 17.7 Å². The molecule has 1 saturated heterocycles. The van der Waals surface area contributed by atoms with Crippen molar-refractivity contribution in [3.05, 3.63) is 34.9 Å². The largest absolute Gasteiger partial charge is 0.468 e. The highest BCUT2D eigenvalue weighted by Crippen LogP contribution is 2.17. The Bertz CT molecular complexity index is 721. The van der Waals surface area contributed by atoms with E-state index in [2.05, 4.69) is 10.00 Å². The average molecular weight is 304 g/mol. The molecule has 0 spiro atoms. The van der Waals surface area contributed by atoms with Gasteiger partial charge in [-0.1, -0.05) is 12.5 Å². The van der Waals surface area contributed by atoms with Gasteiger partial charge >= 0.3 is 11.7 Å². The van der Waals surface area contributed by atoms with Crippen LogP contribution in [0.25, 0.3) is 5.65 Å². The Morgan fingerprint density at radius 3 is 3.00 bits per heavy atom. The van der Waals surface area contributed by atoms with Crippen LogP contribution in [0.5, 0.6) is 0 Å². The fourth-order valence-electron chi connectivity index (χ4n) is 3.00. The lowest BCUT2D eigenvalue weighted by Crippen LogP contribution is -2.47. The van der Waals surface area contributed by atoms with Gasteiger partial charge in [0.05, 0.1) is 13.7 Å². The van der Waals surface area contributed by atoms with Gasteiger partial charge in [0, 0.05) is 12.7 Å². The molecule has 0 aliphatic carbocycles. The second-order valence-electron chi connectivity index (χ2n) is 5.51. The van der Waals surface area contributed by atoms with Crippen LogP contribution in [0.4, 0.5) is 0 Å². The molecule has 118 valence electrons. The first-order valence-electron chi connectivity index (χ1n) is 7.57. The minimum atomic E-state index is -0.202. The van der Waals surface area contributed by atoms with Gasteiger partial charge in [-0.2, -0.15) is 0 Å². The van der Waals surface area contributed by atoms with Crippen LogP contribution < -0.4 is 5.69 Å². The summed E-state index contributed by atoms with van der Waals surface area (Å²) >= 11 is 0. The van der Waals surface area contributed by atoms with Crippen molar-refractivity contribution in [1.29, 1.82) is 0 Å². The van der Waals surface area contributed by atoms with Gasteiger partial charge in [0.15, 0.2) is 5.65 Å². The standard InChI is InChI=1S/C15H20N4O3/c1-22-14(20)12-6-2-4-8-17(12)10-11-19-15(21)18-9-5-3-7-13(18)16-19/h3,5,7,9,12H,2,4,6,8,10-11H2,1H3/t12-/m1/s1. The first-order valence-corrected chi connectivity index (χ1v) is 7.57. The van der Waals surface area contributed by atoms with Gasteiger partial charge < -0.3 is 4.74 Å². The predicted molar refractivity (Wildman–Crippen MR) is 80.7 cm³/mol. The fourth-order valence-corrected chi connectivity index (χ4v) is 3.00. The van der Waals surface area contributed by atoms with Gasteiger partial charge in [-0.05, 0) is 31.5 Å². The van der Waals surface area contributed by atoms with Crippen LogP contribution in [0.1, 0.15) is 19.3 Å². The summed E-state index contributed by atoms with van der Waals surface area (Å²) in [7, 11) is 1.42. The van der Waals surface area contributed by atoms with Crippen molar-refractivity contribution in [3.8, 4) is 0 Å². The maximum atomic E-state index is 12.2. The van der Waals surface area contributed by atoms with Gasteiger partial charge in [0.1, 0.15) is 6.04 Å². The second kappa shape index (κ2) is 6.31. The fraction of sp³-hybridized carbons (Fsp3) is 0.533. The summed E-state index contributed by atoms with van der Waals surface area (Å²) < 4.78 is 7.85. The molecular weight excluding hydrogens is 284 g/mol. The summed E-state index contributed by atoms with van der Waals surface area (Å²) in [4.78, 5) is 26.2. The third-order valence-electron chi connectivity index (χ3n) is 4.17. The van der Waals surface area contributed by atoms with Gasteiger partial charge in [0.25, 0.3) is 0 Å². The van der Waals surface area contributed by atoms with Crippen LogP contribution in [0, 0.1) is 0 Å². The molecule has 0 aromatic carbocycles. The summed E-state index contributed by atoms with van der Waals surface area (Å²) in [5.41, 5.74) is 0.484. The van der Waals surface area contributed by atoms with Crippen LogP contribution >= 0.6 is 0 Å². The Kier molecular flexibility index (Phi) is 4.24. The number of hydrogen-bond acceptors (Lipinski definition) is 5. The number of rotatable bonds is 4. The summed E-state index contributed by atoms with van der Waals surface area (Å²) in [6.45, 7) is 1.93. The molecule has 1 aliphatic rings. The van der Waals surface area contributed by atoms with Crippen molar-refractivity contribution in [1.82, 2.24) is 19.1 Å². The van der Waals surface area contributed by atoms with E-state index in [4.69, 9.17) is 4.74 Å². The molecule has 22 heavy (non-hydrogen) atoms. The van der Waals surface area contributed by atoms with E-state index in [0.29, 0.717) is 18.7 Å². The Balaban J connectivity index is 1.73. The highest BCUT2D eigenvalue weighted by molar-refractivity contribution is 5.75. The van der Waals surface area contributed by atoms with Crippen LogP contribution in [-0.4, -0.2) is 51.3 Å². The molecule has 2 aromatic rings. The quantitative estimate of drug-likeness (QED) is 0.771. The maximum absolute atomic E-state index is 12.2. The molecule has 0 unspecified atom stereocenters. The van der Waals surface area contributed by atoms with Crippen molar-refractivity contribution in [2.75, 3.05) is 20.2 Å². The molecule has 0 saturated carbocycles. The zero-order valence-corrected chi connectivity index (χ0v) is 12.6. The number of pyridine rings is 1. The van der Waals surface area contributed by atoms with Crippen LogP contribution in [0.2, 0.25) is 0 Å². The number of esters is 1. The molecular formula is C15H20N4O3. The number of methoxy groups -OCH3 is 1. The minimum Gasteiger partial charge on any atom is -0.468 e. The normalized spacial score (nSPS) is 19.4. The van der Waals surface area contributed by atoms with E-state index in [1.165, 1.54) is 16.2 Å². The smallest absolute Gasteiger partial charge is 0.350 e. The van der Waals surface area contributed by atoms with Crippen molar-refractivity contribution in [3.63, 3.8) is 0 Å². The lowest BCUT2D eigenvalue weighted by molar-refractivity contribution is -0.148. The SMILES string of the molecule is COC(=O)[C@H]1CCCCN1CCn1nc2ccccn2c1=O. The summed E-state index contributed by atoms with van der Waals surface area (Å²) in [5, 5.41) is 4.31. The van der Waals surface area contributed by atoms with Gasteiger partial charge in [-0.15, -0.1) is 5.10 Å². The zero-order valence-electron chi connectivity index (χ0n) is 12.6. The van der Waals surface area contributed by atoms with Crippen molar-refractivity contribution in [2.24, 2.45) is 0 Å². The monoisotopic (exact) mass is 304 g/mol. The number of carbonyl (C=O) groups excluding carboxylic acids is 1. The molecule has 1 fully saturated rings. The summed E-state index contributed by atoms with van der Waals surface area (Å²) in [6.07, 6.45) is 4.62. The maximum Gasteiger partial charge on any atom is 0.350 e. The van der Waals surface area contributed by atoms with Crippen molar-refractivity contribution < 1.29 is 9.53 Å². The molecule has 0 N–H and O–H groups in total. The third kappa shape index (κ3) is 2.76. The Hall–Kier alpha value is -2.15. The van der Waals surface area contributed by atoms with Gasteiger partial charge in [-0.3, -0.25) is 14.1 Å². The van der Waals surface area contributed by atoms with E-state index in [0.717, 1.165) is 25.8 Å². The lowest BCUT2D eigenvalue weighted by atomic mass is 10.0. The van der Waals surface area contributed by atoms with E-state index in [1.54, 1.807) is 18.3 Å². The van der Waals surface area contributed by atoms with E-state index < -0.39 is 0 Å². The number of ether oxygens (including phenoxy) is 1. The van der Waals surface area contributed by atoms with Crippen molar-refractivity contribution in [2.45, 2.75) is 31.8 Å².